The molecule has 1 fully saturated rings. The van der Waals surface area contributed by atoms with Crippen LogP contribution in [0.5, 0.6) is 0 Å². The molecule has 0 saturated heterocycles. The summed E-state index contributed by atoms with van der Waals surface area (Å²) in [4.78, 5) is 4.21. The second-order valence-electron chi connectivity index (χ2n) is 5.43. The van der Waals surface area contributed by atoms with Gasteiger partial charge >= 0.3 is 0 Å². The van der Waals surface area contributed by atoms with E-state index < -0.39 is 0 Å². The van der Waals surface area contributed by atoms with E-state index in [-0.39, 0.29) is 0 Å². The number of aromatic nitrogens is 1. The van der Waals surface area contributed by atoms with Crippen molar-refractivity contribution in [3.8, 4) is 0 Å². The number of nitrogens with one attached hydrogen (secondary N) is 2. The molecule has 1 saturated carbocycles. The Morgan fingerprint density at radius 1 is 1.44 bits per heavy atom. The fourth-order valence-electron chi connectivity index (χ4n) is 2.45. The van der Waals surface area contributed by atoms with Crippen molar-refractivity contribution >= 4 is 11.5 Å². The van der Waals surface area contributed by atoms with Gasteiger partial charge < -0.3 is 10.6 Å². The molecular weight excluding hydrogens is 198 g/mol. The van der Waals surface area contributed by atoms with Gasteiger partial charge in [-0.15, -0.1) is 0 Å². The quantitative estimate of drug-likeness (QED) is 0.820. The maximum absolute atomic E-state index is 4.21. The van der Waals surface area contributed by atoms with Gasteiger partial charge in [-0.3, -0.25) is 0 Å². The molecule has 1 heterocycles. The zero-order valence-electron chi connectivity index (χ0n) is 10.4. The summed E-state index contributed by atoms with van der Waals surface area (Å²) in [7, 11) is 1.89. The average Bonchev–Trinajstić information content (AvgIpc) is 2.58. The van der Waals surface area contributed by atoms with Gasteiger partial charge in [0, 0.05) is 31.0 Å². The molecule has 0 radical (unpaired) electrons. The number of nitrogens with zero attached hydrogens (tertiary/aromatic N) is 1. The Morgan fingerprint density at radius 2 is 2.25 bits per heavy atom. The Kier molecular flexibility index (Phi) is 3.03. The van der Waals surface area contributed by atoms with E-state index in [0.29, 0.717) is 11.5 Å². The summed E-state index contributed by atoms with van der Waals surface area (Å²) in [6.07, 6.45) is 5.68. The SMILES string of the molecule is CNc1cc(NC2CCC(C)(C)C2)ccn1. The van der Waals surface area contributed by atoms with Crippen molar-refractivity contribution in [1.82, 2.24) is 4.98 Å². The Bertz CT molecular complexity index is 360. The van der Waals surface area contributed by atoms with Crippen molar-refractivity contribution in [2.45, 2.75) is 39.2 Å². The largest absolute Gasteiger partial charge is 0.382 e. The third-order valence-corrected chi connectivity index (χ3v) is 3.36. The summed E-state index contributed by atoms with van der Waals surface area (Å²) in [5, 5.41) is 6.65. The van der Waals surface area contributed by atoms with Crippen molar-refractivity contribution < 1.29 is 0 Å². The molecule has 3 nitrogen and oxygen atoms in total. The Labute approximate surface area is 97.7 Å². The molecular formula is C13H21N3. The first-order valence-corrected chi connectivity index (χ1v) is 5.99. The van der Waals surface area contributed by atoms with E-state index >= 15 is 0 Å². The third-order valence-electron chi connectivity index (χ3n) is 3.36. The van der Waals surface area contributed by atoms with Crippen LogP contribution in [0.25, 0.3) is 0 Å². The summed E-state index contributed by atoms with van der Waals surface area (Å²) in [6.45, 7) is 4.69. The van der Waals surface area contributed by atoms with Gasteiger partial charge in [-0.25, -0.2) is 4.98 Å². The van der Waals surface area contributed by atoms with E-state index in [1.54, 1.807) is 0 Å². The van der Waals surface area contributed by atoms with E-state index in [9.17, 15) is 0 Å². The van der Waals surface area contributed by atoms with Gasteiger partial charge in [0.05, 0.1) is 0 Å². The minimum absolute atomic E-state index is 0.497. The summed E-state index contributed by atoms with van der Waals surface area (Å²) in [6, 6.07) is 4.71. The van der Waals surface area contributed by atoms with E-state index in [4.69, 9.17) is 0 Å². The zero-order chi connectivity index (χ0) is 11.6. The first-order valence-electron chi connectivity index (χ1n) is 5.99. The summed E-state index contributed by atoms with van der Waals surface area (Å²) in [5.74, 6) is 0.919. The van der Waals surface area contributed by atoms with Gasteiger partial charge in [-0.1, -0.05) is 13.8 Å². The molecule has 1 atom stereocenters. The fraction of sp³-hybridized carbons (Fsp3) is 0.615. The maximum atomic E-state index is 4.21. The molecule has 0 aromatic carbocycles. The predicted octanol–water partition coefficient (Wildman–Crippen LogP) is 3.11. The highest BCUT2D eigenvalue weighted by Crippen LogP contribution is 2.38. The maximum Gasteiger partial charge on any atom is 0.127 e. The molecule has 0 amide bonds. The van der Waals surface area contributed by atoms with E-state index in [1.807, 2.05) is 19.3 Å². The van der Waals surface area contributed by atoms with Crippen LogP contribution in [-0.4, -0.2) is 18.1 Å². The molecule has 2 rings (SSSR count). The standard InChI is InChI=1S/C13H21N3/c1-13(2)6-4-11(9-13)16-10-5-7-15-12(8-10)14-3/h5,7-8,11H,4,6,9H2,1-3H3,(H2,14,15,16). The van der Waals surface area contributed by atoms with Crippen LogP contribution in [0.2, 0.25) is 0 Å². The second kappa shape index (κ2) is 4.32. The molecule has 0 spiro atoms. The van der Waals surface area contributed by atoms with Crippen LogP contribution in [0, 0.1) is 5.41 Å². The number of hydrogen-bond acceptors (Lipinski definition) is 3. The van der Waals surface area contributed by atoms with Gasteiger partial charge in [-0.2, -0.15) is 0 Å². The highest BCUT2D eigenvalue weighted by Gasteiger charge is 2.30. The molecule has 88 valence electrons. The lowest BCUT2D eigenvalue weighted by atomic mass is 9.92. The summed E-state index contributed by atoms with van der Waals surface area (Å²) in [5.41, 5.74) is 1.67. The number of rotatable bonds is 3. The minimum atomic E-state index is 0.497. The van der Waals surface area contributed by atoms with Crippen molar-refractivity contribution in [1.29, 1.82) is 0 Å². The van der Waals surface area contributed by atoms with Crippen LogP contribution < -0.4 is 10.6 Å². The number of anilines is 2. The Hall–Kier alpha value is -1.25. The zero-order valence-corrected chi connectivity index (χ0v) is 10.4. The molecule has 1 aromatic heterocycles. The lowest BCUT2D eigenvalue weighted by Crippen LogP contribution is -2.17. The van der Waals surface area contributed by atoms with Crippen molar-refractivity contribution in [2.24, 2.45) is 5.41 Å². The van der Waals surface area contributed by atoms with Crippen molar-refractivity contribution in [2.75, 3.05) is 17.7 Å². The summed E-state index contributed by atoms with van der Waals surface area (Å²) < 4.78 is 0. The van der Waals surface area contributed by atoms with Gasteiger partial charge in [0.15, 0.2) is 0 Å². The van der Waals surface area contributed by atoms with Crippen LogP contribution >= 0.6 is 0 Å². The predicted molar refractivity (Wildman–Crippen MR) is 68.8 cm³/mol. The van der Waals surface area contributed by atoms with Gasteiger partial charge in [0.25, 0.3) is 0 Å². The molecule has 3 heteroatoms. The van der Waals surface area contributed by atoms with Crippen LogP contribution in [0.4, 0.5) is 11.5 Å². The molecule has 1 aromatic rings. The first-order chi connectivity index (χ1) is 7.59. The monoisotopic (exact) mass is 219 g/mol. The third kappa shape index (κ3) is 2.65. The summed E-state index contributed by atoms with van der Waals surface area (Å²) >= 11 is 0. The van der Waals surface area contributed by atoms with Crippen LogP contribution in [-0.2, 0) is 0 Å². The molecule has 2 N–H and O–H groups in total. The lowest BCUT2D eigenvalue weighted by Gasteiger charge is -2.18. The molecule has 0 bridgehead atoms. The topological polar surface area (TPSA) is 37.0 Å². The van der Waals surface area contributed by atoms with Crippen LogP contribution in [0.3, 0.4) is 0 Å². The van der Waals surface area contributed by atoms with Crippen molar-refractivity contribution in [3.63, 3.8) is 0 Å². The van der Waals surface area contributed by atoms with Gasteiger partial charge in [0.2, 0.25) is 0 Å². The number of hydrogen-bond donors (Lipinski definition) is 2. The average molecular weight is 219 g/mol. The fourth-order valence-corrected chi connectivity index (χ4v) is 2.45. The molecule has 1 aliphatic carbocycles. The Morgan fingerprint density at radius 3 is 2.88 bits per heavy atom. The smallest absolute Gasteiger partial charge is 0.127 e. The van der Waals surface area contributed by atoms with Gasteiger partial charge in [0.1, 0.15) is 5.82 Å². The van der Waals surface area contributed by atoms with E-state index in [2.05, 4.69) is 35.5 Å². The van der Waals surface area contributed by atoms with Crippen molar-refractivity contribution in [3.05, 3.63) is 18.3 Å². The minimum Gasteiger partial charge on any atom is -0.382 e. The Balaban J connectivity index is 1.99. The number of pyridine rings is 1. The first kappa shape index (κ1) is 11.2. The van der Waals surface area contributed by atoms with E-state index in [0.717, 1.165) is 5.82 Å². The molecule has 16 heavy (non-hydrogen) atoms. The van der Waals surface area contributed by atoms with Crippen LogP contribution in [0.15, 0.2) is 18.3 Å². The normalized spacial score (nSPS) is 23.1. The molecule has 1 unspecified atom stereocenters. The highest BCUT2D eigenvalue weighted by molar-refractivity contribution is 5.52. The lowest BCUT2D eigenvalue weighted by molar-refractivity contribution is 0.378. The molecule has 0 aliphatic heterocycles. The van der Waals surface area contributed by atoms with Gasteiger partial charge in [-0.05, 0) is 30.7 Å². The molecule has 1 aliphatic rings. The van der Waals surface area contributed by atoms with E-state index in [1.165, 1.54) is 24.9 Å². The highest BCUT2D eigenvalue weighted by atomic mass is 15.0. The van der Waals surface area contributed by atoms with Crippen LogP contribution in [0.1, 0.15) is 33.1 Å². The second-order valence-corrected chi connectivity index (χ2v) is 5.43.